The molecule has 0 radical (unpaired) electrons. The lowest BCUT2D eigenvalue weighted by atomic mass is 9.99. The Morgan fingerprint density at radius 2 is 1.93 bits per heavy atom. The summed E-state index contributed by atoms with van der Waals surface area (Å²) >= 11 is 0. The molecule has 30 heavy (non-hydrogen) atoms. The zero-order chi connectivity index (χ0) is 22.3. The molecule has 1 aromatic rings. The molecule has 1 aromatic carbocycles. The van der Waals surface area contributed by atoms with Crippen LogP contribution in [0.5, 0.6) is 5.75 Å². The van der Waals surface area contributed by atoms with Crippen LogP contribution in [0.2, 0.25) is 0 Å². The van der Waals surface area contributed by atoms with Crippen molar-refractivity contribution in [1.29, 1.82) is 0 Å². The number of terminal acetylenes is 1. The molecule has 164 valence electrons. The second kappa shape index (κ2) is 10.9. The average molecular weight is 425 g/mol. The molecule has 2 rings (SSSR count). The van der Waals surface area contributed by atoms with Crippen LogP contribution in [0.3, 0.4) is 0 Å². The van der Waals surface area contributed by atoms with Gasteiger partial charge in [0.25, 0.3) is 0 Å². The molecular weight excluding hydrogens is 401 g/mol. The van der Waals surface area contributed by atoms with Crippen LogP contribution in [0, 0.1) is 12.3 Å². The first-order valence-electron chi connectivity index (χ1n) is 9.29. The lowest BCUT2D eigenvalue weighted by Gasteiger charge is -2.38. The van der Waals surface area contributed by atoms with Gasteiger partial charge in [-0.25, -0.2) is 9.18 Å². The molecule has 1 fully saturated rings. The van der Waals surface area contributed by atoms with Crippen LogP contribution in [0.4, 0.5) is 10.1 Å². The Labute approximate surface area is 172 Å². The molecule has 1 aliphatic heterocycles. The maximum Gasteiger partial charge on any atom is 0.335 e. The van der Waals surface area contributed by atoms with Gasteiger partial charge in [0.1, 0.15) is 30.7 Å². The number of aliphatic hydroxyl groups excluding tert-OH is 3. The smallest absolute Gasteiger partial charge is 0.335 e. The van der Waals surface area contributed by atoms with Crippen molar-refractivity contribution in [1.82, 2.24) is 0 Å². The topological polar surface area (TPSA) is 146 Å². The number of aliphatic hydroxyl groups is 3. The summed E-state index contributed by atoms with van der Waals surface area (Å²) in [6, 6.07) is 4.07. The van der Waals surface area contributed by atoms with E-state index in [9.17, 15) is 29.3 Å². The fraction of sp³-hybridized carbons (Fsp3) is 0.500. The van der Waals surface area contributed by atoms with Crippen LogP contribution < -0.4 is 10.1 Å². The van der Waals surface area contributed by atoms with Crippen LogP contribution in [0.1, 0.15) is 31.2 Å². The number of amides is 1. The van der Waals surface area contributed by atoms with Crippen molar-refractivity contribution >= 4 is 17.6 Å². The van der Waals surface area contributed by atoms with E-state index in [1.54, 1.807) is 0 Å². The van der Waals surface area contributed by atoms with Gasteiger partial charge in [-0.3, -0.25) is 4.79 Å². The SMILES string of the molecule is C#CCCCCC(=O)Nc1ccc(OC2OC(C(=O)O)C(O)C(O)C2O)c(CF)c1. The zero-order valence-corrected chi connectivity index (χ0v) is 16.0. The molecule has 0 bridgehead atoms. The van der Waals surface area contributed by atoms with Crippen molar-refractivity contribution in [3.05, 3.63) is 23.8 Å². The van der Waals surface area contributed by atoms with Crippen molar-refractivity contribution < 1.29 is 43.9 Å². The van der Waals surface area contributed by atoms with Crippen molar-refractivity contribution in [2.45, 2.75) is 63.1 Å². The van der Waals surface area contributed by atoms with E-state index in [1.807, 2.05) is 0 Å². The summed E-state index contributed by atoms with van der Waals surface area (Å²) in [4.78, 5) is 23.1. The van der Waals surface area contributed by atoms with Gasteiger partial charge in [-0.2, -0.15) is 0 Å². The standard InChI is InChI=1S/C20H24FNO8/c1-2-3-4-5-6-14(23)22-12-7-8-13(11(9-12)10-21)29-20-17(26)15(24)16(25)18(30-20)19(27)28/h1,7-9,15-18,20,24-26H,3-6,10H2,(H,22,23)(H,27,28). The maximum atomic E-state index is 13.5. The molecule has 1 aliphatic rings. The zero-order valence-electron chi connectivity index (χ0n) is 16.0. The number of rotatable bonds is 9. The van der Waals surface area contributed by atoms with Gasteiger partial charge in [-0.05, 0) is 31.0 Å². The van der Waals surface area contributed by atoms with Crippen molar-refractivity contribution in [2.24, 2.45) is 0 Å². The van der Waals surface area contributed by atoms with Crippen LogP contribution in [-0.4, -0.2) is 63.0 Å². The Bertz CT molecular complexity index is 796. The number of nitrogens with one attached hydrogen (secondary N) is 1. The number of halogens is 1. The van der Waals surface area contributed by atoms with Gasteiger partial charge in [0.05, 0.1) is 0 Å². The molecule has 5 N–H and O–H groups in total. The lowest BCUT2D eigenvalue weighted by molar-refractivity contribution is -0.271. The first-order chi connectivity index (χ1) is 14.3. The molecule has 5 atom stereocenters. The number of ether oxygens (including phenoxy) is 2. The number of carboxylic acid groups (broad SMARTS) is 1. The molecule has 5 unspecified atom stereocenters. The van der Waals surface area contributed by atoms with Gasteiger partial charge in [-0.15, -0.1) is 12.3 Å². The lowest BCUT2D eigenvalue weighted by Crippen LogP contribution is -2.61. The number of alkyl halides is 1. The molecule has 0 spiro atoms. The maximum absolute atomic E-state index is 13.5. The minimum atomic E-state index is -1.86. The second-order valence-corrected chi connectivity index (χ2v) is 6.77. The van der Waals surface area contributed by atoms with E-state index in [0.717, 1.165) is 0 Å². The molecule has 1 saturated heterocycles. The van der Waals surface area contributed by atoms with E-state index in [1.165, 1.54) is 18.2 Å². The number of anilines is 1. The van der Waals surface area contributed by atoms with E-state index >= 15 is 0 Å². The minimum absolute atomic E-state index is 0.00317. The summed E-state index contributed by atoms with van der Waals surface area (Å²) in [7, 11) is 0. The van der Waals surface area contributed by atoms with Gasteiger partial charge < -0.3 is 35.2 Å². The van der Waals surface area contributed by atoms with Gasteiger partial charge in [0, 0.05) is 24.1 Å². The number of hydrogen-bond donors (Lipinski definition) is 5. The number of carbonyl (C=O) groups excluding carboxylic acids is 1. The third-order valence-corrected chi connectivity index (χ3v) is 4.52. The molecule has 1 heterocycles. The Hall–Kier alpha value is -2.71. The van der Waals surface area contributed by atoms with Gasteiger partial charge in [0.15, 0.2) is 6.10 Å². The van der Waals surface area contributed by atoms with Crippen LogP contribution in [0.15, 0.2) is 18.2 Å². The van der Waals surface area contributed by atoms with E-state index in [0.29, 0.717) is 24.9 Å². The van der Waals surface area contributed by atoms with Crippen LogP contribution >= 0.6 is 0 Å². The largest absolute Gasteiger partial charge is 0.479 e. The third-order valence-electron chi connectivity index (χ3n) is 4.52. The first-order valence-corrected chi connectivity index (χ1v) is 9.29. The first kappa shape index (κ1) is 23.6. The average Bonchev–Trinajstić information content (AvgIpc) is 2.72. The van der Waals surface area contributed by atoms with Gasteiger partial charge in [-0.1, -0.05) is 0 Å². The van der Waals surface area contributed by atoms with Gasteiger partial charge in [0.2, 0.25) is 12.2 Å². The molecular formula is C20H24FNO8. The van der Waals surface area contributed by atoms with Crippen LogP contribution in [-0.2, 0) is 21.0 Å². The summed E-state index contributed by atoms with van der Waals surface area (Å²) in [5.41, 5.74) is 0.323. The number of carbonyl (C=O) groups is 2. The summed E-state index contributed by atoms with van der Waals surface area (Å²) in [5, 5.41) is 41.2. The van der Waals surface area contributed by atoms with E-state index in [4.69, 9.17) is 21.0 Å². The number of unbranched alkanes of at least 4 members (excludes halogenated alkanes) is 2. The number of carboxylic acids is 1. The van der Waals surface area contributed by atoms with E-state index < -0.39 is 43.3 Å². The molecule has 10 heteroatoms. The van der Waals surface area contributed by atoms with Crippen molar-refractivity contribution in [2.75, 3.05) is 5.32 Å². The molecule has 0 aliphatic carbocycles. The summed E-state index contributed by atoms with van der Waals surface area (Å²) in [6.45, 7) is -0.989. The van der Waals surface area contributed by atoms with E-state index in [2.05, 4.69) is 11.2 Å². The highest BCUT2D eigenvalue weighted by molar-refractivity contribution is 5.90. The quantitative estimate of drug-likeness (QED) is 0.285. The van der Waals surface area contributed by atoms with Crippen LogP contribution in [0.25, 0.3) is 0 Å². The predicted molar refractivity (Wildman–Crippen MR) is 102 cm³/mol. The Morgan fingerprint density at radius 1 is 1.20 bits per heavy atom. The highest BCUT2D eigenvalue weighted by Crippen LogP contribution is 2.29. The number of aliphatic carboxylic acids is 1. The van der Waals surface area contributed by atoms with Gasteiger partial charge >= 0.3 is 5.97 Å². The van der Waals surface area contributed by atoms with Crippen molar-refractivity contribution in [3.8, 4) is 18.1 Å². The highest BCUT2D eigenvalue weighted by atomic mass is 19.1. The third kappa shape index (κ3) is 5.90. The molecule has 1 amide bonds. The molecule has 0 aromatic heterocycles. The fourth-order valence-electron chi connectivity index (χ4n) is 2.89. The Kier molecular flexibility index (Phi) is 8.56. The molecule has 0 saturated carbocycles. The minimum Gasteiger partial charge on any atom is -0.479 e. The number of hydrogen-bond acceptors (Lipinski definition) is 7. The highest BCUT2D eigenvalue weighted by Gasteiger charge is 2.48. The van der Waals surface area contributed by atoms with E-state index in [-0.39, 0.29) is 23.6 Å². The Balaban J connectivity index is 2.06. The monoisotopic (exact) mass is 425 g/mol. The van der Waals surface area contributed by atoms with Crippen molar-refractivity contribution in [3.63, 3.8) is 0 Å². The summed E-state index contributed by atoms with van der Waals surface area (Å²) < 4.78 is 23.9. The normalized spacial score (nSPS) is 25.9. The Morgan fingerprint density at radius 3 is 2.57 bits per heavy atom. The summed E-state index contributed by atoms with van der Waals surface area (Å²) in [5.74, 6) is 0.576. The number of benzene rings is 1. The molecule has 9 nitrogen and oxygen atoms in total. The predicted octanol–water partition coefficient (Wildman–Crippen LogP) is 0.559. The second-order valence-electron chi connectivity index (χ2n) is 6.77. The fourth-order valence-corrected chi connectivity index (χ4v) is 2.89. The summed E-state index contributed by atoms with van der Waals surface area (Å²) in [6.07, 6.45) is -1.66.